The Morgan fingerprint density at radius 2 is 1.57 bits per heavy atom. The Morgan fingerprint density at radius 3 is 1.57 bits per heavy atom. The van der Waals surface area contributed by atoms with Gasteiger partial charge in [0.25, 0.3) is 0 Å². The number of alkyl halides is 1. The summed E-state index contributed by atoms with van der Waals surface area (Å²) < 4.78 is 16.6. The van der Waals surface area contributed by atoms with E-state index in [-0.39, 0.29) is 29.6 Å². The van der Waals surface area contributed by atoms with E-state index in [2.05, 4.69) is 11.6 Å². The number of hydrogen-bond donors (Lipinski definition) is 1. The smallest absolute Gasteiger partial charge is 0.149 e. The average Bonchev–Trinajstić information content (AvgIpc) is 1.41. The van der Waals surface area contributed by atoms with E-state index in [0.717, 1.165) is 0 Å². The molecule has 0 heterocycles. The van der Waals surface area contributed by atoms with Crippen LogP contribution < -0.4 is 0 Å². The first kappa shape index (κ1) is 15.8. The van der Waals surface area contributed by atoms with E-state index in [9.17, 15) is 0 Å². The minimum atomic E-state index is -1.61. The second-order valence-corrected chi connectivity index (χ2v) is 1.27. The SMILES string of the molecule is CCl.CS(=O)O.[Na]. The van der Waals surface area contributed by atoms with Gasteiger partial charge in [-0.1, -0.05) is 0 Å². The third-order valence-corrected chi connectivity index (χ3v) is 0. The Kier molecular flexibility index (Phi) is 35.3. The summed E-state index contributed by atoms with van der Waals surface area (Å²) in [6.45, 7) is 0. The maximum absolute atomic E-state index is 9.11. The van der Waals surface area contributed by atoms with Crippen LogP contribution in [0.15, 0.2) is 0 Å². The van der Waals surface area contributed by atoms with Crippen LogP contribution in [-0.4, -0.2) is 51.0 Å². The molecule has 0 saturated carbocycles. The summed E-state index contributed by atoms with van der Waals surface area (Å²) in [7, 11) is 0. The van der Waals surface area contributed by atoms with Gasteiger partial charge in [0.2, 0.25) is 0 Å². The Labute approximate surface area is 73.2 Å². The van der Waals surface area contributed by atoms with Gasteiger partial charge in [0.05, 0.1) is 0 Å². The summed E-state index contributed by atoms with van der Waals surface area (Å²) in [5.41, 5.74) is 0. The van der Waals surface area contributed by atoms with Gasteiger partial charge in [-0.05, 0) is 0 Å². The molecule has 41 valence electrons. The molecule has 1 unspecified atom stereocenters. The fourth-order valence-corrected chi connectivity index (χ4v) is 0. The van der Waals surface area contributed by atoms with Gasteiger partial charge in [0.15, 0.2) is 0 Å². The minimum Gasteiger partial charge on any atom is -0.306 e. The molecule has 0 aliphatic heterocycles. The molecule has 0 bridgehead atoms. The number of hydrogen-bond acceptors (Lipinski definition) is 1. The molecule has 7 heavy (non-hydrogen) atoms. The van der Waals surface area contributed by atoms with Crippen molar-refractivity contribution in [2.75, 3.05) is 12.6 Å². The van der Waals surface area contributed by atoms with Crippen molar-refractivity contribution in [3.05, 3.63) is 0 Å². The zero-order valence-electron chi connectivity index (χ0n) is 4.64. The summed E-state index contributed by atoms with van der Waals surface area (Å²) in [6.07, 6.45) is 2.67. The third kappa shape index (κ3) is 110. The van der Waals surface area contributed by atoms with Crippen LogP contribution in [0.5, 0.6) is 0 Å². The second kappa shape index (κ2) is 15.7. The van der Waals surface area contributed by atoms with Crippen molar-refractivity contribution in [3.63, 3.8) is 0 Å². The van der Waals surface area contributed by atoms with E-state index in [1.807, 2.05) is 0 Å². The van der Waals surface area contributed by atoms with Crippen molar-refractivity contribution >= 4 is 52.2 Å². The molecule has 1 atom stereocenters. The zero-order chi connectivity index (χ0) is 5.58. The largest absolute Gasteiger partial charge is 0.306 e. The molecule has 2 nitrogen and oxygen atoms in total. The summed E-state index contributed by atoms with van der Waals surface area (Å²) in [5, 5.41) is 0. The first-order valence-corrected chi connectivity index (χ1v) is 3.41. The average molecular weight is 154 g/mol. The summed E-state index contributed by atoms with van der Waals surface area (Å²) >= 11 is 3.03. The molecule has 0 aromatic carbocycles. The molecule has 0 amide bonds. The van der Waals surface area contributed by atoms with Gasteiger partial charge < -0.3 is 4.55 Å². The predicted octanol–water partition coefficient (Wildman–Crippen LogP) is 0.312. The first-order chi connectivity index (χ1) is 2.73. The van der Waals surface area contributed by atoms with E-state index in [1.54, 1.807) is 0 Å². The van der Waals surface area contributed by atoms with E-state index < -0.39 is 11.1 Å². The minimum absolute atomic E-state index is 0. The molecular weight excluding hydrogens is 147 g/mol. The Bertz CT molecular complexity index is 38.7. The van der Waals surface area contributed by atoms with Crippen molar-refractivity contribution in [1.29, 1.82) is 0 Å². The molecule has 5 heteroatoms. The van der Waals surface area contributed by atoms with Gasteiger partial charge in [-0.15, -0.1) is 11.6 Å². The molecule has 1 N–H and O–H groups in total. The fourth-order valence-electron chi connectivity index (χ4n) is 0. The van der Waals surface area contributed by atoms with Gasteiger partial charge in [-0.3, -0.25) is 0 Å². The van der Waals surface area contributed by atoms with Gasteiger partial charge in [0, 0.05) is 42.2 Å². The molecule has 0 aromatic rings. The van der Waals surface area contributed by atoms with Gasteiger partial charge >= 0.3 is 0 Å². The molecule has 0 rings (SSSR count). The number of halogens is 1. The first-order valence-electron chi connectivity index (χ1n) is 1.14. The predicted molar refractivity (Wildman–Crippen MR) is 34.2 cm³/mol. The molecular formula is C2H7ClNaO2S. The van der Waals surface area contributed by atoms with E-state index in [0.29, 0.717) is 0 Å². The van der Waals surface area contributed by atoms with E-state index in [4.69, 9.17) is 8.76 Å². The standard InChI is InChI=1S/CH3Cl.CH4O2S.Na/c1-2;1-4(2)3;/h1H3;1H3,(H,2,3);. The van der Waals surface area contributed by atoms with Crippen molar-refractivity contribution < 1.29 is 8.76 Å². The molecule has 0 fully saturated rings. The van der Waals surface area contributed by atoms with Crippen molar-refractivity contribution in [2.45, 2.75) is 0 Å². The normalized spacial score (nSPS) is 9.71. The van der Waals surface area contributed by atoms with Crippen LogP contribution in [0.4, 0.5) is 0 Å². The fraction of sp³-hybridized carbons (Fsp3) is 1.00. The Morgan fingerprint density at radius 1 is 1.57 bits per heavy atom. The monoisotopic (exact) mass is 153 g/mol. The van der Waals surface area contributed by atoms with Crippen molar-refractivity contribution in [1.82, 2.24) is 0 Å². The van der Waals surface area contributed by atoms with E-state index in [1.165, 1.54) is 12.6 Å². The maximum Gasteiger partial charge on any atom is 0.149 e. The molecule has 0 saturated heterocycles. The van der Waals surface area contributed by atoms with Crippen LogP contribution in [0.2, 0.25) is 0 Å². The Balaban J connectivity index is -0.0000000480. The van der Waals surface area contributed by atoms with Crippen LogP contribution in [0.25, 0.3) is 0 Å². The molecule has 0 aliphatic carbocycles. The van der Waals surface area contributed by atoms with Crippen LogP contribution in [0, 0.1) is 0 Å². The zero-order valence-corrected chi connectivity index (χ0v) is 8.21. The third-order valence-electron chi connectivity index (χ3n) is 0. The van der Waals surface area contributed by atoms with E-state index >= 15 is 0 Å². The van der Waals surface area contributed by atoms with Gasteiger partial charge in [0.1, 0.15) is 11.1 Å². The summed E-state index contributed by atoms with van der Waals surface area (Å²) in [4.78, 5) is 0. The summed E-state index contributed by atoms with van der Waals surface area (Å²) in [5.74, 6) is 0. The molecule has 1 radical (unpaired) electrons. The quantitative estimate of drug-likeness (QED) is 0.309. The number of rotatable bonds is 0. The van der Waals surface area contributed by atoms with Crippen molar-refractivity contribution in [2.24, 2.45) is 0 Å². The molecule has 0 aliphatic rings. The van der Waals surface area contributed by atoms with Gasteiger partial charge in [-0.2, -0.15) is 0 Å². The maximum atomic E-state index is 9.11. The van der Waals surface area contributed by atoms with Crippen LogP contribution >= 0.6 is 11.6 Å². The second-order valence-electron chi connectivity index (χ2n) is 0.424. The van der Waals surface area contributed by atoms with Crippen LogP contribution in [0.3, 0.4) is 0 Å². The molecule has 0 spiro atoms. The molecule has 0 aromatic heterocycles. The van der Waals surface area contributed by atoms with Crippen molar-refractivity contribution in [3.8, 4) is 0 Å². The topological polar surface area (TPSA) is 37.3 Å². The van der Waals surface area contributed by atoms with Crippen LogP contribution in [0.1, 0.15) is 0 Å². The Hall–Kier alpha value is 1.40. The van der Waals surface area contributed by atoms with Crippen LogP contribution in [-0.2, 0) is 11.1 Å². The van der Waals surface area contributed by atoms with Gasteiger partial charge in [-0.25, -0.2) is 4.21 Å². The summed E-state index contributed by atoms with van der Waals surface area (Å²) in [6, 6.07) is 0.